The third-order valence-corrected chi connectivity index (χ3v) is 14.3. The Hall–Kier alpha value is -1.79. The van der Waals surface area contributed by atoms with E-state index in [2.05, 4.69) is 66.6 Å². The highest BCUT2D eigenvalue weighted by Gasteiger charge is 2.69. The highest BCUT2D eigenvalue weighted by atomic mass is 16.5. The van der Waals surface area contributed by atoms with E-state index in [9.17, 15) is 9.90 Å². The summed E-state index contributed by atoms with van der Waals surface area (Å²) in [6.07, 6.45) is 16.4. The van der Waals surface area contributed by atoms with Crippen LogP contribution in [0.4, 0.5) is 0 Å². The number of rotatable bonds is 6. The Labute approximate surface area is 260 Å². The van der Waals surface area contributed by atoms with Gasteiger partial charge in [0.25, 0.3) is 0 Å². The van der Waals surface area contributed by atoms with Crippen LogP contribution in [0.3, 0.4) is 0 Å². The second kappa shape index (κ2) is 10.4. The first kappa shape index (κ1) is 31.2. The Kier molecular flexibility index (Phi) is 7.53. The highest BCUT2D eigenvalue weighted by Crippen LogP contribution is 2.75. The molecular formula is C37H57N3O3. The lowest BCUT2D eigenvalue weighted by molar-refractivity contribution is -0.183. The van der Waals surface area contributed by atoms with Crippen molar-refractivity contribution < 1.29 is 14.6 Å². The number of ether oxygens (including phenoxy) is 1. The fourth-order valence-electron chi connectivity index (χ4n) is 11.6. The van der Waals surface area contributed by atoms with E-state index in [-0.39, 0.29) is 45.6 Å². The molecule has 238 valence electrons. The third kappa shape index (κ3) is 4.42. The number of nitrogens with zero attached hydrogens (tertiary/aromatic N) is 3. The van der Waals surface area contributed by atoms with E-state index in [0.29, 0.717) is 18.4 Å². The number of aromatic nitrogens is 2. The molecule has 5 aliphatic carbocycles. The van der Waals surface area contributed by atoms with Crippen molar-refractivity contribution in [1.82, 2.24) is 14.9 Å². The minimum Gasteiger partial charge on any atom is -0.465 e. The normalized spacial score (nSPS) is 42.9. The first-order valence-corrected chi connectivity index (χ1v) is 17.1. The molecule has 3 fully saturated rings. The standard InChI is InChI=1S/C37H57N3O3/c1-32(2)14-16-37(31(42)43-21-9-20-40(7)8)17-15-35(5)25(26(37)22-32)10-11-29-33(3)23-27-30(39-19-18-38-27)34(4,24-41)28(33)12-13-36(29,35)6/h10,18-19,26,28-29,41H,9,11-17,20-24H2,1-8H3/t26-,28+,29+,33-,34-,35+,36+,37-/m0/s1. The zero-order valence-corrected chi connectivity index (χ0v) is 28.3. The Morgan fingerprint density at radius 2 is 1.72 bits per heavy atom. The van der Waals surface area contributed by atoms with E-state index in [0.717, 1.165) is 82.1 Å². The summed E-state index contributed by atoms with van der Waals surface area (Å²) in [6.45, 7) is 16.3. The predicted octanol–water partition coefficient (Wildman–Crippen LogP) is 6.76. The highest BCUT2D eigenvalue weighted by molar-refractivity contribution is 5.78. The molecule has 0 aliphatic heterocycles. The molecule has 6 rings (SSSR count). The first-order chi connectivity index (χ1) is 20.2. The summed E-state index contributed by atoms with van der Waals surface area (Å²) in [5.41, 5.74) is 3.27. The molecule has 6 nitrogen and oxygen atoms in total. The number of carbonyl (C=O) groups excluding carboxylic acids is 1. The molecule has 0 radical (unpaired) electrons. The zero-order chi connectivity index (χ0) is 31.1. The summed E-state index contributed by atoms with van der Waals surface area (Å²) in [7, 11) is 4.14. The predicted molar refractivity (Wildman–Crippen MR) is 170 cm³/mol. The minimum absolute atomic E-state index is 0.0181. The zero-order valence-electron chi connectivity index (χ0n) is 28.3. The van der Waals surface area contributed by atoms with Crippen molar-refractivity contribution in [2.24, 2.45) is 44.8 Å². The van der Waals surface area contributed by atoms with E-state index in [1.807, 2.05) is 6.20 Å². The van der Waals surface area contributed by atoms with Crippen molar-refractivity contribution in [2.45, 2.75) is 111 Å². The number of hydrogen-bond donors (Lipinski definition) is 1. The number of esters is 1. The average molecular weight is 592 g/mol. The van der Waals surface area contributed by atoms with Gasteiger partial charge in [-0.3, -0.25) is 14.8 Å². The van der Waals surface area contributed by atoms with E-state index in [4.69, 9.17) is 14.7 Å². The van der Waals surface area contributed by atoms with Gasteiger partial charge in [-0.25, -0.2) is 0 Å². The van der Waals surface area contributed by atoms with Crippen molar-refractivity contribution in [1.29, 1.82) is 0 Å². The summed E-state index contributed by atoms with van der Waals surface area (Å²) in [4.78, 5) is 25.9. The third-order valence-electron chi connectivity index (χ3n) is 14.3. The van der Waals surface area contributed by atoms with Crippen LogP contribution in [0.25, 0.3) is 0 Å². The molecule has 0 unspecified atom stereocenters. The Balaban J connectivity index is 1.38. The molecule has 6 heteroatoms. The van der Waals surface area contributed by atoms with Crippen LogP contribution < -0.4 is 0 Å². The summed E-state index contributed by atoms with van der Waals surface area (Å²) < 4.78 is 6.13. The topological polar surface area (TPSA) is 75.5 Å². The molecule has 0 spiro atoms. The van der Waals surface area contributed by atoms with Gasteiger partial charge >= 0.3 is 5.97 Å². The number of carbonyl (C=O) groups is 1. The monoisotopic (exact) mass is 591 g/mol. The minimum atomic E-state index is -0.391. The Bertz CT molecular complexity index is 1290. The maximum atomic E-state index is 14.1. The maximum Gasteiger partial charge on any atom is 0.312 e. The maximum absolute atomic E-state index is 14.1. The van der Waals surface area contributed by atoms with Gasteiger partial charge in [0.2, 0.25) is 0 Å². The van der Waals surface area contributed by atoms with Crippen LogP contribution in [-0.4, -0.2) is 59.8 Å². The van der Waals surface area contributed by atoms with E-state index in [1.165, 1.54) is 0 Å². The Morgan fingerprint density at radius 3 is 2.44 bits per heavy atom. The van der Waals surface area contributed by atoms with Crippen LogP contribution in [0, 0.1) is 44.8 Å². The lowest BCUT2D eigenvalue weighted by Gasteiger charge is -2.70. The second-order valence-electron chi connectivity index (χ2n) is 17.3. The Morgan fingerprint density at radius 1 is 1.00 bits per heavy atom. The van der Waals surface area contributed by atoms with E-state index in [1.54, 1.807) is 11.8 Å². The summed E-state index contributed by atoms with van der Waals surface area (Å²) in [6, 6.07) is 0. The van der Waals surface area contributed by atoms with E-state index < -0.39 is 5.41 Å². The van der Waals surface area contributed by atoms with Crippen LogP contribution in [0.5, 0.6) is 0 Å². The molecule has 8 atom stereocenters. The second-order valence-corrected chi connectivity index (χ2v) is 17.3. The molecule has 1 aromatic rings. The lowest BCUT2D eigenvalue weighted by atomic mass is 9.33. The number of aliphatic hydroxyl groups is 1. The molecule has 1 N–H and O–H groups in total. The van der Waals surface area contributed by atoms with Crippen LogP contribution in [-0.2, 0) is 21.4 Å². The van der Waals surface area contributed by atoms with Gasteiger partial charge in [-0.05, 0) is 118 Å². The first-order valence-electron chi connectivity index (χ1n) is 17.1. The van der Waals surface area contributed by atoms with Crippen molar-refractivity contribution in [3.8, 4) is 0 Å². The summed E-state index contributed by atoms with van der Waals surface area (Å²) in [5.74, 6) is 1.16. The average Bonchev–Trinajstić information content (AvgIpc) is 2.95. The van der Waals surface area contributed by atoms with Gasteiger partial charge in [-0.15, -0.1) is 0 Å². The molecule has 1 aromatic heterocycles. The number of fused-ring (bicyclic) bond motifs is 8. The molecule has 43 heavy (non-hydrogen) atoms. The van der Waals surface area contributed by atoms with Crippen LogP contribution in [0.15, 0.2) is 24.0 Å². The van der Waals surface area contributed by atoms with Gasteiger partial charge in [-0.2, -0.15) is 0 Å². The van der Waals surface area contributed by atoms with Gasteiger partial charge in [-0.1, -0.05) is 53.2 Å². The largest absolute Gasteiger partial charge is 0.465 e. The van der Waals surface area contributed by atoms with Crippen molar-refractivity contribution >= 4 is 5.97 Å². The molecular weight excluding hydrogens is 534 g/mol. The van der Waals surface area contributed by atoms with Gasteiger partial charge < -0.3 is 14.7 Å². The van der Waals surface area contributed by atoms with Crippen molar-refractivity contribution in [3.05, 3.63) is 35.4 Å². The van der Waals surface area contributed by atoms with Gasteiger partial charge in [0.05, 0.1) is 30.0 Å². The van der Waals surface area contributed by atoms with E-state index >= 15 is 0 Å². The van der Waals surface area contributed by atoms with Gasteiger partial charge in [0, 0.05) is 24.4 Å². The van der Waals surface area contributed by atoms with Gasteiger partial charge in [0.15, 0.2) is 0 Å². The molecule has 1 heterocycles. The fourth-order valence-corrected chi connectivity index (χ4v) is 11.6. The lowest BCUT2D eigenvalue weighted by Crippen LogP contribution is -2.65. The van der Waals surface area contributed by atoms with Gasteiger partial charge in [0.1, 0.15) is 0 Å². The molecule has 0 amide bonds. The number of hydrogen-bond acceptors (Lipinski definition) is 6. The number of allylic oxidation sites excluding steroid dienone is 2. The summed E-state index contributed by atoms with van der Waals surface area (Å²) >= 11 is 0. The van der Waals surface area contributed by atoms with Crippen LogP contribution in [0.1, 0.15) is 111 Å². The molecule has 0 saturated heterocycles. The molecule has 5 aliphatic rings. The molecule has 0 aromatic carbocycles. The molecule has 0 bridgehead atoms. The number of aliphatic hydroxyl groups excluding tert-OH is 1. The molecule has 3 saturated carbocycles. The SMILES string of the molecule is CN(C)CCCOC(=O)[C@]12CCC(C)(C)C[C@H]1C1=CC[C@@H]3[C@@]4(C)Cc5nccnc5[C@@](C)(CO)[C@@H]4CC[C@@]3(C)[C@]1(C)CC2. The smallest absolute Gasteiger partial charge is 0.312 e. The summed E-state index contributed by atoms with van der Waals surface area (Å²) in [5, 5.41) is 10.9. The van der Waals surface area contributed by atoms with Crippen LogP contribution >= 0.6 is 0 Å². The van der Waals surface area contributed by atoms with Crippen molar-refractivity contribution in [3.63, 3.8) is 0 Å². The fraction of sp³-hybridized carbons (Fsp3) is 0.811. The van der Waals surface area contributed by atoms with Crippen molar-refractivity contribution in [2.75, 3.05) is 33.9 Å². The van der Waals surface area contributed by atoms with Crippen LogP contribution in [0.2, 0.25) is 0 Å². The quantitative estimate of drug-likeness (QED) is 0.224.